The van der Waals surface area contributed by atoms with Crippen molar-refractivity contribution < 1.29 is 19.8 Å². The third-order valence-corrected chi connectivity index (χ3v) is 4.66. The Labute approximate surface area is 150 Å². The SMILES string of the molecule is CCCC(=O)[C@H]1c2ccccc2CN1C(=O)c1cc(Cl)c(O)cc1O. The summed E-state index contributed by atoms with van der Waals surface area (Å²) in [6.07, 6.45) is 1.06. The molecule has 3 rings (SSSR count). The van der Waals surface area contributed by atoms with Gasteiger partial charge < -0.3 is 15.1 Å². The van der Waals surface area contributed by atoms with E-state index in [0.717, 1.165) is 17.2 Å². The molecule has 1 amide bonds. The van der Waals surface area contributed by atoms with E-state index in [2.05, 4.69) is 0 Å². The number of fused-ring (bicyclic) bond motifs is 1. The Kier molecular flexibility index (Phi) is 4.68. The Bertz CT molecular complexity index is 849. The van der Waals surface area contributed by atoms with Gasteiger partial charge in [-0.1, -0.05) is 42.8 Å². The lowest BCUT2D eigenvalue weighted by atomic mass is 9.98. The Balaban J connectivity index is 2.02. The number of amides is 1. The zero-order valence-electron chi connectivity index (χ0n) is 13.7. The standard InChI is InChI=1S/C19H18ClNO4/c1-2-5-15(22)18-12-7-4-3-6-11(12)10-21(18)19(25)13-8-14(20)17(24)9-16(13)23/h3-4,6-9,18,23-24H,2,5,10H2,1H3/t18-/m1/s1. The number of phenolic OH excluding ortho intramolecular Hbond substituents is 2. The second kappa shape index (κ2) is 6.76. The summed E-state index contributed by atoms with van der Waals surface area (Å²) in [4.78, 5) is 27.1. The van der Waals surface area contributed by atoms with Gasteiger partial charge in [0.25, 0.3) is 5.91 Å². The van der Waals surface area contributed by atoms with Crippen LogP contribution in [0.5, 0.6) is 11.5 Å². The second-order valence-corrected chi connectivity index (χ2v) is 6.48. The van der Waals surface area contributed by atoms with Gasteiger partial charge in [0.05, 0.1) is 10.6 Å². The van der Waals surface area contributed by atoms with E-state index < -0.39 is 11.9 Å². The number of carbonyl (C=O) groups is 2. The summed E-state index contributed by atoms with van der Waals surface area (Å²) in [5.74, 6) is -1.21. The van der Waals surface area contributed by atoms with Gasteiger partial charge >= 0.3 is 0 Å². The summed E-state index contributed by atoms with van der Waals surface area (Å²) in [5, 5.41) is 19.6. The highest BCUT2D eigenvalue weighted by atomic mass is 35.5. The van der Waals surface area contributed by atoms with Crippen molar-refractivity contribution in [3.8, 4) is 11.5 Å². The fraction of sp³-hybridized carbons (Fsp3) is 0.263. The van der Waals surface area contributed by atoms with Crippen molar-refractivity contribution in [2.24, 2.45) is 0 Å². The number of nitrogens with zero attached hydrogens (tertiary/aromatic N) is 1. The van der Waals surface area contributed by atoms with Crippen LogP contribution in [0.3, 0.4) is 0 Å². The van der Waals surface area contributed by atoms with Crippen LogP contribution in [0.4, 0.5) is 0 Å². The maximum absolute atomic E-state index is 13.0. The van der Waals surface area contributed by atoms with Crippen molar-refractivity contribution in [2.45, 2.75) is 32.4 Å². The summed E-state index contributed by atoms with van der Waals surface area (Å²) < 4.78 is 0. The molecule has 5 nitrogen and oxygen atoms in total. The molecule has 0 bridgehead atoms. The summed E-state index contributed by atoms with van der Waals surface area (Å²) >= 11 is 5.88. The Morgan fingerprint density at radius 3 is 2.64 bits per heavy atom. The molecular weight excluding hydrogens is 342 g/mol. The van der Waals surface area contributed by atoms with Crippen LogP contribution >= 0.6 is 11.6 Å². The molecular formula is C19H18ClNO4. The van der Waals surface area contributed by atoms with Gasteiger partial charge in [-0.2, -0.15) is 0 Å². The number of rotatable bonds is 4. The normalized spacial score (nSPS) is 15.9. The van der Waals surface area contributed by atoms with Gasteiger partial charge in [-0.15, -0.1) is 0 Å². The molecule has 130 valence electrons. The van der Waals surface area contributed by atoms with Crippen LogP contribution in [0.15, 0.2) is 36.4 Å². The third-order valence-electron chi connectivity index (χ3n) is 4.36. The van der Waals surface area contributed by atoms with E-state index in [1.807, 2.05) is 31.2 Å². The largest absolute Gasteiger partial charge is 0.507 e. The molecule has 0 saturated heterocycles. The highest BCUT2D eigenvalue weighted by molar-refractivity contribution is 6.32. The molecule has 0 fully saturated rings. The molecule has 2 N–H and O–H groups in total. The molecule has 25 heavy (non-hydrogen) atoms. The quantitative estimate of drug-likeness (QED) is 0.870. The van der Waals surface area contributed by atoms with E-state index >= 15 is 0 Å². The molecule has 1 atom stereocenters. The monoisotopic (exact) mass is 359 g/mol. The molecule has 0 saturated carbocycles. The van der Waals surface area contributed by atoms with Crippen molar-refractivity contribution in [3.63, 3.8) is 0 Å². The molecule has 1 heterocycles. The number of benzene rings is 2. The lowest BCUT2D eigenvalue weighted by Gasteiger charge is -2.25. The third kappa shape index (κ3) is 3.07. The first-order valence-electron chi connectivity index (χ1n) is 8.07. The molecule has 2 aromatic rings. The fourth-order valence-corrected chi connectivity index (χ4v) is 3.35. The average Bonchev–Trinajstić information content (AvgIpc) is 2.97. The van der Waals surface area contributed by atoms with Crippen LogP contribution in [0.1, 0.15) is 47.3 Å². The summed E-state index contributed by atoms with van der Waals surface area (Å²) in [7, 11) is 0. The minimum absolute atomic E-state index is 0.0331. The molecule has 6 heteroatoms. The van der Waals surface area contributed by atoms with Gasteiger partial charge in [0, 0.05) is 19.0 Å². The summed E-state index contributed by atoms with van der Waals surface area (Å²) in [6.45, 7) is 2.20. The first-order valence-corrected chi connectivity index (χ1v) is 8.44. The lowest BCUT2D eigenvalue weighted by molar-refractivity contribution is -0.123. The molecule has 0 spiro atoms. The number of hydrogen-bond donors (Lipinski definition) is 2. The van der Waals surface area contributed by atoms with Crippen molar-refractivity contribution in [2.75, 3.05) is 0 Å². The van der Waals surface area contributed by atoms with Crippen molar-refractivity contribution >= 4 is 23.3 Å². The van der Waals surface area contributed by atoms with Crippen molar-refractivity contribution in [3.05, 3.63) is 58.1 Å². The molecule has 0 radical (unpaired) electrons. The molecule has 1 aliphatic heterocycles. The van der Waals surface area contributed by atoms with Crippen LogP contribution in [0, 0.1) is 0 Å². The summed E-state index contributed by atoms with van der Waals surface area (Å²) in [5.41, 5.74) is 1.69. The zero-order valence-corrected chi connectivity index (χ0v) is 14.5. The number of aromatic hydroxyl groups is 2. The Hall–Kier alpha value is -2.53. The lowest BCUT2D eigenvalue weighted by Crippen LogP contribution is -2.34. The molecule has 0 aromatic heterocycles. The van der Waals surface area contributed by atoms with Gasteiger partial charge in [-0.05, 0) is 23.6 Å². The average molecular weight is 360 g/mol. The smallest absolute Gasteiger partial charge is 0.258 e. The minimum Gasteiger partial charge on any atom is -0.507 e. The van der Waals surface area contributed by atoms with Crippen LogP contribution in [-0.4, -0.2) is 26.8 Å². The highest BCUT2D eigenvalue weighted by Gasteiger charge is 2.38. The van der Waals surface area contributed by atoms with E-state index in [1.165, 1.54) is 11.0 Å². The maximum Gasteiger partial charge on any atom is 0.258 e. The first-order chi connectivity index (χ1) is 11.9. The number of carbonyl (C=O) groups excluding carboxylic acids is 2. The van der Waals surface area contributed by atoms with E-state index in [4.69, 9.17) is 11.6 Å². The van der Waals surface area contributed by atoms with Gasteiger partial charge in [-0.3, -0.25) is 9.59 Å². The number of hydrogen-bond acceptors (Lipinski definition) is 4. The van der Waals surface area contributed by atoms with Crippen LogP contribution in [0.2, 0.25) is 5.02 Å². The number of ketones is 1. The minimum atomic E-state index is -0.671. The van der Waals surface area contributed by atoms with E-state index in [0.29, 0.717) is 12.8 Å². The predicted octanol–water partition coefficient (Wildman–Crippen LogP) is 3.82. The molecule has 0 unspecified atom stereocenters. The van der Waals surface area contributed by atoms with Gasteiger partial charge in [0.2, 0.25) is 0 Å². The van der Waals surface area contributed by atoms with E-state index in [1.54, 1.807) is 0 Å². The number of phenols is 2. The first kappa shape index (κ1) is 17.3. The number of Topliss-reactive ketones (excluding diaryl/α,β-unsaturated/α-hetero) is 1. The summed E-state index contributed by atoms with van der Waals surface area (Å²) in [6, 6.07) is 9.02. The van der Waals surface area contributed by atoms with E-state index in [-0.39, 0.29) is 34.4 Å². The Morgan fingerprint density at radius 2 is 1.92 bits per heavy atom. The van der Waals surface area contributed by atoms with Crippen molar-refractivity contribution in [1.82, 2.24) is 4.90 Å². The van der Waals surface area contributed by atoms with Gasteiger partial charge in [0.1, 0.15) is 17.5 Å². The van der Waals surface area contributed by atoms with Crippen LogP contribution < -0.4 is 0 Å². The fourth-order valence-electron chi connectivity index (χ4n) is 3.18. The molecule has 2 aromatic carbocycles. The predicted molar refractivity (Wildman–Crippen MR) is 93.8 cm³/mol. The van der Waals surface area contributed by atoms with Crippen LogP contribution in [-0.2, 0) is 11.3 Å². The second-order valence-electron chi connectivity index (χ2n) is 6.07. The van der Waals surface area contributed by atoms with Crippen molar-refractivity contribution in [1.29, 1.82) is 0 Å². The highest BCUT2D eigenvalue weighted by Crippen LogP contribution is 2.39. The topological polar surface area (TPSA) is 77.8 Å². The number of halogens is 1. The zero-order chi connectivity index (χ0) is 18.1. The van der Waals surface area contributed by atoms with Crippen LogP contribution in [0.25, 0.3) is 0 Å². The molecule has 1 aliphatic rings. The van der Waals surface area contributed by atoms with Gasteiger partial charge in [0.15, 0.2) is 5.78 Å². The Morgan fingerprint density at radius 1 is 1.20 bits per heavy atom. The van der Waals surface area contributed by atoms with E-state index in [9.17, 15) is 19.8 Å². The van der Waals surface area contributed by atoms with Gasteiger partial charge in [-0.25, -0.2) is 0 Å². The maximum atomic E-state index is 13.0. The molecule has 0 aliphatic carbocycles.